The van der Waals surface area contributed by atoms with Crippen LogP contribution in [0.15, 0.2) is 0 Å². The molecule has 0 aromatic heterocycles. The van der Waals surface area contributed by atoms with Crippen LogP contribution in [0.3, 0.4) is 0 Å². The van der Waals surface area contributed by atoms with Gasteiger partial charge >= 0.3 is 0 Å². The van der Waals surface area contributed by atoms with Crippen molar-refractivity contribution in [2.24, 2.45) is 0 Å². The lowest BCUT2D eigenvalue weighted by atomic mass is 10.1. The second kappa shape index (κ2) is 3.88. The zero-order valence-corrected chi connectivity index (χ0v) is 11.1. The first-order valence-corrected chi connectivity index (χ1v) is 6.28. The molecule has 3 aliphatic rings. The van der Waals surface area contributed by atoms with Crippen molar-refractivity contribution >= 4 is 0 Å². The summed E-state index contributed by atoms with van der Waals surface area (Å²) < 4.78 is 28.2. The summed E-state index contributed by atoms with van der Waals surface area (Å²) in [5.41, 5.74) is 0. The van der Waals surface area contributed by atoms with Gasteiger partial charge in [0.05, 0.1) is 6.61 Å². The van der Waals surface area contributed by atoms with Gasteiger partial charge in [-0.3, -0.25) is 0 Å². The number of ether oxygens (including phenoxy) is 5. The van der Waals surface area contributed by atoms with Crippen molar-refractivity contribution < 1.29 is 28.8 Å². The van der Waals surface area contributed by atoms with Crippen LogP contribution in [0, 0.1) is 0 Å². The highest BCUT2D eigenvalue weighted by Gasteiger charge is 2.58. The summed E-state index contributed by atoms with van der Waals surface area (Å²) in [4.78, 5) is 0. The van der Waals surface area contributed by atoms with E-state index in [-0.39, 0.29) is 18.3 Å². The topological polar surface area (TPSA) is 66.4 Å². The van der Waals surface area contributed by atoms with Gasteiger partial charge in [0.1, 0.15) is 24.4 Å². The number of rotatable bonds is 1. The van der Waals surface area contributed by atoms with Crippen LogP contribution in [-0.4, -0.2) is 54.0 Å². The third-order valence-electron chi connectivity index (χ3n) is 3.46. The molecule has 1 N–H and O–H groups in total. The minimum atomic E-state index is -0.978. The van der Waals surface area contributed by atoms with Gasteiger partial charge < -0.3 is 28.8 Å². The Morgan fingerprint density at radius 1 is 0.889 bits per heavy atom. The highest BCUT2D eigenvalue weighted by atomic mass is 16.8. The molecular formula is C12H20O6. The highest BCUT2D eigenvalue weighted by Crippen LogP contribution is 2.41. The van der Waals surface area contributed by atoms with E-state index in [0.717, 1.165) is 0 Å². The second-order valence-electron chi connectivity index (χ2n) is 5.92. The molecule has 0 bridgehead atoms. The summed E-state index contributed by atoms with van der Waals surface area (Å²) in [5, 5.41) is 9.87. The van der Waals surface area contributed by atoms with Crippen molar-refractivity contribution in [3.8, 4) is 0 Å². The summed E-state index contributed by atoms with van der Waals surface area (Å²) in [7, 11) is 0. The molecule has 104 valence electrons. The molecule has 3 rings (SSSR count). The van der Waals surface area contributed by atoms with E-state index in [1.54, 1.807) is 0 Å². The van der Waals surface area contributed by atoms with Crippen LogP contribution in [0.25, 0.3) is 0 Å². The third kappa shape index (κ3) is 2.07. The second-order valence-corrected chi connectivity index (χ2v) is 5.92. The maximum absolute atomic E-state index is 9.87. The van der Waals surface area contributed by atoms with Gasteiger partial charge in [-0.1, -0.05) is 0 Å². The van der Waals surface area contributed by atoms with Crippen molar-refractivity contribution in [3.05, 3.63) is 0 Å². The predicted molar refractivity (Wildman–Crippen MR) is 59.6 cm³/mol. The molecule has 3 fully saturated rings. The average Bonchev–Trinajstić information content (AvgIpc) is 2.81. The first-order chi connectivity index (χ1) is 8.27. The lowest BCUT2D eigenvalue weighted by molar-refractivity contribution is -0.236. The molecule has 5 atom stereocenters. The monoisotopic (exact) mass is 260 g/mol. The number of aliphatic hydroxyl groups excluding tert-OH is 1. The molecule has 18 heavy (non-hydrogen) atoms. The SMILES string of the molecule is CC1(C)OC[C@H]([C@@H]2OC(O)[C@@H]3OC(C)(C)O[C@H]23)O1. The molecule has 1 unspecified atom stereocenters. The number of fused-ring (bicyclic) bond motifs is 1. The van der Waals surface area contributed by atoms with Crippen LogP contribution in [0.2, 0.25) is 0 Å². The maximum atomic E-state index is 9.87. The molecule has 0 aromatic rings. The molecule has 3 heterocycles. The Bertz CT molecular complexity index is 341. The van der Waals surface area contributed by atoms with E-state index < -0.39 is 24.0 Å². The van der Waals surface area contributed by atoms with E-state index in [0.29, 0.717) is 6.61 Å². The lowest BCUT2D eigenvalue weighted by Gasteiger charge is -2.26. The average molecular weight is 260 g/mol. The van der Waals surface area contributed by atoms with E-state index in [1.807, 2.05) is 27.7 Å². The quantitative estimate of drug-likeness (QED) is 0.735. The van der Waals surface area contributed by atoms with Crippen LogP contribution >= 0.6 is 0 Å². The highest BCUT2D eigenvalue weighted by molar-refractivity contribution is 4.99. The Morgan fingerprint density at radius 3 is 2.17 bits per heavy atom. The Balaban J connectivity index is 1.75. The molecule has 0 amide bonds. The van der Waals surface area contributed by atoms with Crippen molar-refractivity contribution in [3.63, 3.8) is 0 Å². The van der Waals surface area contributed by atoms with Crippen LogP contribution in [0.1, 0.15) is 27.7 Å². The molecular weight excluding hydrogens is 240 g/mol. The van der Waals surface area contributed by atoms with E-state index in [4.69, 9.17) is 23.7 Å². The van der Waals surface area contributed by atoms with Gasteiger partial charge in [0, 0.05) is 0 Å². The molecule has 6 nitrogen and oxygen atoms in total. The van der Waals surface area contributed by atoms with E-state index in [1.165, 1.54) is 0 Å². The van der Waals surface area contributed by atoms with Crippen molar-refractivity contribution in [1.29, 1.82) is 0 Å². The summed E-state index contributed by atoms with van der Waals surface area (Å²) >= 11 is 0. The largest absolute Gasteiger partial charge is 0.366 e. The number of aliphatic hydroxyl groups is 1. The fourth-order valence-electron chi connectivity index (χ4n) is 2.78. The number of hydrogen-bond acceptors (Lipinski definition) is 6. The standard InChI is InChI=1S/C12H20O6/c1-11(2)14-5-6(16-11)7-8-9(10(13)15-7)18-12(3,4)17-8/h6-10,13H,5H2,1-4H3/t6-,7+,8-,9-,10?/m1/s1. The van der Waals surface area contributed by atoms with Gasteiger partial charge in [0.25, 0.3) is 0 Å². The minimum absolute atomic E-state index is 0.248. The Morgan fingerprint density at radius 2 is 1.56 bits per heavy atom. The molecule has 3 aliphatic heterocycles. The maximum Gasteiger partial charge on any atom is 0.184 e. The van der Waals surface area contributed by atoms with E-state index in [9.17, 15) is 5.11 Å². The minimum Gasteiger partial charge on any atom is -0.366 e. The summed E-state index contributed by atoms with van der Waals surface area (Å²) in [5.74, 6) is -1.32. The molecule has 6 heteroatoms. The normalized spacial score (nSPS) is 49.5. The zero-order valence-electron chi connectivity index (χ0n) is 11.1. The first-order valence-electron chi connectivity index (χ1n) is 6.28. The van der Waals surface area contributed by atoms with Crippen LogP contribution in [0.5, 0.6) is 0 Å². The molecule has 0 aliphatic carbocycles. The van der Waals surface area contributed by atoms with E-state index in [2.05, 4.69) is 0 Å². The van der Waals surface area contributed by atoms with Gasteiger partial charge in [-0.2, -0.15) is 0 Å². The smallest absolute Gasteiger partial charge is 0.184 e. The van der Waals surface area contributed by atoms with Crippen molar-refractivity contribution in [1.82, 2.24) is 0 Å². The van der Waals surface area contributed by atoms with Gasteiger partial charge in [-0.15, -0.1) is 0 Å². The van der Waals surface area contributed by atoms with Gasteiger partial charge in [-0.05, 0) is 27.7 Å². The molecule has 0 radical (unpaired) electrons. The fraction of sp³-hybridized carbons (Fsp3) is 1.00. The van der Waals surface area contributed by atoms with Gasteiger partial charge in [0.15, 0.2) is 17.9 Å². The summed E-state index contributed by atoms with van der Waals surface area (Å²) in [6.45, 7) is 7.78. The van der Waals surface area contributed by atoms with Crippen LogP contribution < -0.4 is 0 Å². The molecule has 3 saturated heterocycles. The zero-order chi connectivity index (χ0) is 13.1. The van der Waals surface area contributed by atoms with Crippen LogP contribution in [0.4, 0.5) is 0 Å². The van der Waals surface area contributed by atoms with Gasteiger partial charge in [-0.25, -0.2) is 0 Å². The van der Waals surface area contributed by atoms with Crippen molar-refractivity contribution in [2.75, 3.05) is 6.61 Å². The molecule has 0 aromatic carbocycles. The summed E-state index contributed by atoms with van der Waals surface area (Å²) in [6, 6.07) is 0. The van der Waals surface area contributed by atoms with Crippen LogP contribution in [-0.2, 0) is 23.7 Å². The molecule has 0 spiro atoms. The molecule has 0 saturated carbocycles. The lowest BCUT2D eigenvalue weighted by Crippen LogP contribution is -2.40. The fourth-order valence-corrected chi connectivity index (χ4v) is 2.78. The number of hydrogen-bond donors (Lipinski definition) is 1. The van der Waals surface area contributed by atoms with E-state index >= 15 is 0 Å². The Kier molecular flexibility index (Phi) is 2.75. The third-order valence-corrected chi connectivity index (χ3v) is 3.46. The first kappa shape index (κ1) is 12.8. The van der Waals surface area contributed by atoms with Gasteiger partial charge in [0.2, 0.25) is 0 Å². The Labute approximate surface area is 106 Å². The van der Waals surface area contributed by atoms with Crippen molar-refractivity contribution in [2.45, 2.75) is 70.0 Å². The summed E-state index contributed by atoms with van der Waals surface area (Å²) in [6.07, 6.45) is -2.38. The Hall–Kier alpha value is -0.240. The predicted octanol–water partition coefficient (Wildman–Crippen LogP) is 0.375.